The molecule has 5 rings (SSSR count). The van der Waals surface area contributed by atoms with Crippen LogP contribution in [0.1, 0.15) is 40.6 Å². The molecule has 0 spiro atoms. The van der Waals surface area contributed by atoms with Crippen LogP contribution in [0.5, 0.6) is 0 Å². The molecule has 2 atom stereocenters. The third kappa shape index (κ3) is 2.25. The highest BCUT2D eigenvalue weighted by atomic mass is 16.2. The number of aromatic amines is 1. The molecule has 4 heterocycles. The van der Waals surface area contributed by atoms with Crippen molar-refractivity contribution in [3.63, 3.8) is 0 Å². The highest BCUT2D eigenvalue weighted by molar-refractivity contribution is 5.94. The lowest BCUT2D eigenvalue weighted by atomic mass is 9.99. The summed E-state index contributed by atoms with van der Waals surface area (Å²) in [7, 11) is 0. The van der Waals surface area contributed by atoms with E-state index in [0.29, 0.717) is 5.69 Å². The molecule has 0 aliphatic carbocycles. The van der Waals surface area contributed by atoms with Crippen molar-refractivity contribution in [2.75, 3.05) is 0 Å². The third-order valence-electron chi connectivity index (χ3n) is 5.23. The van der Waals surface area contributed by atoms with E-state index in [1.54, 1.807) is 6.33 Å². The van der Waals surface area contributed by atoms with Gasteiger partial charge in [-0.1, -0.05) is 30.3 Å². The summed E-state index contributed by atoms with van der Waals surface area (Å²) in [6.45, 7) is 0. The van der Waals surface area contributed by atoms with Gasteiger partial charge in [-0.2, -0.15) is 5.10 Å². The molecule has 6 nitrogen and oxygen atoms in total. The molecule has 6 heteroatoms. The van der Waals surface area contributed by atoms with Crippen LogP contribution >= 0.6 is 0 Å². The number of H-pyrrole nitrogens is 1. The summed E-state index contributed by atoms with van der Waals surface area (Å²) >= 11 is 0. The zero-order valence-electron chi connectivity index (χ0n) is 13.6. The summed E-state index contributed by atoms with van der Waals surface area (Å²) in [5.41, 5.74) is 4.50. The first-order valence-electron chi connectivity index (χ1n) is 8.53. The predicted molar refractivity (Wildman–Crippen MR) is 91.7 cm³/mol. The van der Waals surface area contributed by atoms with Crippen LogP contribution in [0.25, 0.3) is 11.3 Å². The van der Waals surface area contributed by atoms with Gasteiger partial charge in [-0.15, -0.1) is 0 Å². The van der Waals surface area contributed by atoms with Crippen molar-refractivity contribution in [2.24, 2.45) is 0 Å². The minimum Gasteiger partial charge on any atom is -0.327 e. The topological polar surface area (TPSA) is 74.8 Å². The number of rotatable bonds is 2. The number of fused-ring (bicyclic) bond motifs is 4. The molecule has 1 N–H and O–H groups in total. The number of benzene rings is 1. The molecule has 2 aromatic heterocycles. The van der Waals surface area contributed by atoms with Crippen molar-refractivity contribution in [3.8, 4) is 11.3 Å². The molecule has 1 amide bonds. The van der Waals surface area contributed by atoms with Gasteiger partial charge in [-0.05, 0) is 18.9 Å². The van der Waals surface area contributed by atoms with Gasteiger partial charge >= 0.3 is 0 Å². The number of amides is 1. The summed E-state index contributed by atoms with van der Waals surface area (Å²) in [4.78, 5) is 23.7. The van der Waals surface area contributed by atoms with Crippen LogP contribution in [-0.2, 0) is 6.42 Å². The number of hydrogen-bond donors (Lipinski definition) is 1. The molecule has 0 unspecified atom stereocenters. The molecule has 1 saturated heterocycles. The summed E-state index contributed by atoms with van der Waals surface area (Å²) in [5, 5.41) is 7.24. The number of aromatic nitrogens is 4. The van der Waals surface area contributed by atoms with Gasteiger partial charge < -0.3 is 4.90 Å². The van der Waals surface area contributed by atoms with E-state index < -0.39 is 0 Å². The number of nitrogens with one attached hydrogen (secondary N) is 1. The first kappa shape index (κ1) is 14.3. The van der Waals surface area contributed by atoms with E-state index in [9.17, 15) is 4.79 Å². The van der Waals surface area contributed by atoms with Gasteiger partial charge in [0.05, 0.1) is 17.4 Å². The van der Waals surface area contributed by atoms with E-state index in [-0.39, 0.29) is 18.0 Å². The van der Waals surface area contributed by atoms with Gasteiger partial charge in [0.25, 0.3) is 5.91 Å². The summed E-state index contributed by atoms with van der Waals surface area (Å²) < 4.78 is 0. The smallest absolute Gasteiger partial charge is 0.272 e. The second-order valence-electron chi connectivity index (χ2n) is 6.62. The zero-order chi connectivity index (χ0) is 16.8. The molecule has 2 aliphatic rings. The fraction of sp³-hybridized carbons (Fsp3) is 0.263. The molecular formula is C19H17N5O. The quantitative estimate of drug-likeness (QED) is 0.783. The minimum absolute atomic E-state index is 0.0108. The van der Waals surface area contributed by atoms with Crippen LogP contribution in [0, 0.1) is 0 Å². The lowest BCUT2D eigenvalue weighted by molar-refractivity contribution is 0.0637. The first-order valence-corrected chi connectivity index (χ1v) is 8.53. The number of carbonyl (C=O) groups is 1. The number of hydrogen-bond acceptors (Lipinski definition) is 4. The molecular weight excluding hydrogens is 314 g/mol. The summed E-state index contributed by atoms with van der Waals surface area (Å²) in [6, 6.07) is 12.0. The van der Waals surface area contributed by atoms with E-state index in [1.807, 2.05) is 47.5 Å². The highest BCUT2D eigenvalue weighted by Crippen LogP contribution is 2.43. The van der Waals surface area contributed by atoms with Gasteiger partial charge in [-0.3, -0.25) is 9.89 Å². The van der Waals surface area contributed by atoms with E-state index in [0.717, 1.165) is 41.8 Å². The minimum atomic E-state index is 0.0108. The Morgan fingerprint density at radius 3 is 2.96 bits per heavy atom. The Hall–Kier alpha value is -3.02. The van der Waals surface area contributed by atoms with E-state index in [2.05, 4.69) is 20.2 Å². The summed E-state index contributed by atoms with van der Waals surface area (Å²) in [6.07, 6.45) is 6.23. The fourth-order valence-electron chi connectivity index (χ4n) is 4.06. The fourth-order valence-corrected chi connectivity index (χ4v) is 4.06. The second-order valence-corrected chi connectivity index (χ2v) is 6.62. The molecule has 2 aliphatic heterocycles. The van der Waals surface area contributed by atoms with Crippen molar-refractivity contribution in [2.45, 2.75) is 31.3 Å². The Labute approximate surface area is 144 Å². The Balaban J connectivity index is 1.47. The Morgan fingerprint density at radius 2 is 2.08 bits per heavy atom. The molecule has 3 aromatic rings. The Kier molecular flexibility index (Phi) is 3.16. The lowest BCUT2D eigenvalue weighted by Gasteiger charge is -2.35. The van der Waals surface area contributed by atoms with E-state index >= 15 is 0 Å². The largest absolute Gasteiger partial charge is 0.327 e. The average molecular weight is 331 g/mol. The van der Waals surface area contributed by atoms with Crippen molar-refractivity contribution >= 4 is 5.91 Å². The van der Waals surface area contributed by atoms with Gasteiger partial charge in [-0.25, -0.2) is 9.97 Å². The van der Waals surface area contributed by atoms with Crippen LogP contribution in [0.15, 0.2) is 48.9 Å². The van der Waals surface area contributed by atoms with Crippen LogP contribution in [0.3, 0.4) is 0 Å². The Morgan fingerprint density at radius 1 is 1.20 bits per heavy atom. The number of nitrogens with zero attached hydrogens (tertiary/aromatic N) is 4. The predicted octanol–water partition coefficient (Wildman–Crippen LogP) is 2.77. The maximum atomic E-state index is 13.1. The van der Waals surface area contributed by atoms with E-state index in [4.69, 9.17) is 0 Å². The average Bonchev–Trinajstić information content (AvgIpc) is 3.27. The standard InChI is InChI=1S/C19H17N5O/c25-19(17-9-15(22-23-17)12-4-2-1-3-5-12)24-13-6-7-18(24)14-10-20-11-21-16(14)8-13/h1-5,9-11,13,18H,6-8H2,(H,22,23)/t13-,18-/m0/s1. The number of carbonyl (C=O) groups excluding carboxylic acids is 1. The maximum Gasteiger partial charge on any atom is 0.272 e. The SMILES string of the molecule is O=C(c1cc(-c2ccccc2)n[nH]1)N1[C@H]2CC[C@H]1c1cncnc1C2. The molecule has 2 bridgehead atoms. The second kappa shape index (κ2) is 5.51. The van der Waals surface area contributed by atoms with Crippen LogP contribution in [0.2, 0.25) is 0 Å². The highest BCUT2D eigenvalue weighted by Gasteiger charge is 2.43. The van der Waals surface area contributed by atoms with Crippen molar-refractivity contribution in [3.05, 3.63) is 65.9 Å². The molecule has 0 radical (unpaired) electrons. The van der Waals surface area contributed by atoms with Gasteiger partial charge in [0.15, 0.2) is 0 Å². The first-order chi connectivity index (χ1) is 12.3. The maximum absolute atomic E-state index is 13.1. The lowest BCUT2D eigenvalue weighted by Crippen LogP contribution is -2.42. The van der Waals surface area contributed by atoms with Crippen molar-refractivity contribution in [1.82, 2.24) is 25.1 Å². The third-order valence-corrected chi connectivity index (χ3v) is 5.23. The normalized spacial score (nSPS) is 21.2. The van der Waals surface area contributed by atoms with Crippen molar-refractivity contribution in [1.29, 1.82) is 0 Å². The molecule has 1 fully saturated rings. The van der Waals surface area contributed by atoms with Crippen molar-refractivity contribution < 1.29 is 4.79 Å². The van der Waals surface area contributed by atoms with Crippen LogP contribution < -0.4 is 0 Å². The zero-order valence-corrected chi connectivity index (χ0v) is 13.6. The van der Waals surface area contributed by atoms with Crippen LogP contribution in [0.4, 0.5) is 0 Å². The monoisotopic (exact) mass is 331 g/mol. The molecule has 25 heavy (non-hydrogen) atoms. The Bertz CT molecular complexity index is 936. The van der Waals surface area contributed by atoms with E-state index in [1.165, 1.54) is 0 Å². The summed E-state index contributed by atoms with van der Waals surface area (Å²) in [5.74, 6) is 0.0108. The molecule has 1 aromatic carbocycles. The molecule has 124 valence electrons. The van der Waals surface area contributed by atoms with Gasteiger partial charge in [0, 0.05) is 29.8 Å². The van der Waals surface area contributed by atoms with Crippen LogP contribution in [-0.4, -0.2) is 37.0 Å². The molecule has 0 saturated carbocycles. The van der Waals surface area contributed by atoms with Gasteiger partial charge in [0.1, 0.15) is 12.0 Å². The van der Waals surface area contributed by atoms with Gasteiger partial charge in [0.2, 0.25) is 0 Å².